The average Bonchev–Trinajstić information content (AvgIpc) is 3.20. The van der Waals surface area contributed by atoms with Crippen molar-refractivity contribution in [1.82, 2.24) is 4.57 Å². The van der Waals surface area contributed by atoms with Gasteiger partial charge in [-0.1, -0.05) is 11.6 Å². The van der Waals surface area contributed by atoms with E-state index in [0.717, 1.165) is 35.5 Å². The van der Waals surface area contributed by atoms with Crippen LogP contribution in [0.15, 0.2) is 54.7 Å². The largest absolute Gasteiger partial charge is 0.269 e. The van der Waals surface area contributed by atoms with E-state index in [9.17, 15) is 10.1 Å². The van der Waals surface area contributed by atoms with E-state index in [1.54, 1.807) is 12.1 Å². The maximum absolute atomic E-state index is 10.8. The highest BCUT2D eigenvalue weighted by Crippen LogP contribution is 2.26. The number of fused-ring (bicyclic) bond motifs is 1. The van der Waals surface area contributed by atoms with E-state index in [1.165, 1.54) is 11.5 Å². The number of imidazole rings is 1. The van der Waals surface area contributed by atoms with Crippen LogP contribution in [-0.2, 0) is 19.5 Å². The first kappa shape index (κ1) is 15.8. The van der Waals surface area contributed by atoms with E-state index in [-0.39, 0.29) is 10.6 Å². The van der Waals surface area contributed by atoms with Gasteiger partial charge >= 0.3 is 0 Å². The molecule has 0 fully saturated rings. The van der Waals surface area contributed by atoms with Crippen molar-refractivity contribution < 1.29 is 9.49 Å². The highest BCUT2D eigenvalue weighted by Gasteiger charge is 2.28. The lowest BCUT2D eigenvalue weighted by molar-refractivity contribution is -0.694. The molecular weight excluding hydrogens is 338 g/mol. The lowest BCUT2D eigenvalue weighted by atomic mass is 10.1. The van der Waals surface area contributed by atoms with Crippen molar-refractivity contribution in [3.63, 3.8) is 0 Å². The third kappa shape index (κ3) is 3.03. The lowest BCUT2D eigenvalue weighted by Crippen LogP contribution is -2.36. The second kappa shape index (κ2) is 6.33. The minimum absolute atomic E-state index is 0.123. The highest BCUT2D eigenvalue weighted by atomic mass is 35.5. The molecule has 0 spiro atoms. The molecule has 126 valence electrons. The Labute approximate surface area is 150 Å². The standard InChI is InChI=1S/C19H17ClN3O2/c20-16-7-5-15(6-8-16)18-13-21(19-2-1-11-22(18)19)12-14-3-9-17(10-4-14)23(24)25/h3-10,13H,1-2,11-12H2/q+1. The Morgan fingerprint density at radius 3 is 2.52 bits per heavy atom. The molecule has 0 N–H and O–H groups in total. The summed E-state index contributed by atoms with van der Waals surface area (Å²) < 4.78 is 4.60. The fourth-order valence-corrected chi connectivity index (χ4v) is 3.54. The van der Waals surface area contributed by atoms with Crippen molar-refractivity contribution in [1.29, 1.82) is 0 Å². The molecule has 0 atom stereocenters. The minimum atomic E-state index is -0.369. The van der Waals surface area contributed by atoms with Gasteiger partial charge in [0.05, 0.1) is 17.9 Å². The molecule has 1 aromatic heterocycles. The SMILES string of the molecule is O=[N+]([O-])c1ccc(C[n+]2cc(-c3ccc(Cl)cc3)n3c2CCC3)cc1. The second-order valence-electron chi connectivity index (χ2n) is 6.24. The molecule has 0 bridgehead atoms. The topological polar surface area (TPSA) is 52.0 Å². The van der Waals surface area contributed by atoms with E-state index in [2.05, 4.69) is 15.3 Å². The summed E-state index contributed by atoms with van der Waals surface area (Å²) in [6, 6.07) is 14.7. The predicted octanol–water partition coefficient (Wildman–Crippen LogP) is 4.00. The summed E-state index contributed by atoms with van der Waals surface area (Å²) in [6.07, 6.45) is 4.34. The summed E-state index contributed by atoms with van der Waals surface area (Å²) in [5.74, 6) is 1.29. The molecule has 0 radical (unpaired) electrons. The number of nitro benzene ring substituents is 1. The third-order valence-corrected chi connectivity index (χ3v) is 4.89. The predicted molar refractivity (Wildman–Crippen MR) is 95.6 cm³/mol. The molecule has 1 aliphatic rings. The van der Waals surface area contributed by atoms with Crippen molar-refractivity contribution in [3.05, 3.63) is 81.3 Å². The zero-order valence-electron chi connectivity index (χ0n) is 13.6. The van der Waals surface area contributed by atoms with Crippen molar-refractivity contribution in [2.24, 2.45) is 0 Å². The lowest BCUT2D eigenvalue weighted by Gasteiger charge is -2.00. The number of nitro groups is 1. The Kier molecular flexibility index (Phi) is 4.01. The molecule has 6 heteroatoms. The van der Waals surface area contributed by atoms with Crippen LogP contribution in [0.2, 0.25) is 5.02 Å². The van der Waals surface area contributed by atoms with Crippen LogP contribution in [0.1, 0.15) is 17.8 Å². The van der Waals surface area contributed by atoms with Gasteiger partial charge in [-0.3, -0.25) is 10.1 Å². The average molecular weight is 355 g/mol. The van der Waals surface area contributed by atoms with Crippen LogP contribution in [0.25, 0.3) is 11.3 Å². The van der Waals surface area contributed by atoms with Gasteiger partial charge in [0.1, 0.15) is 12.7 Å². The number of hydrogen-bond acceptors (Lipinski definition) is 2. The van der Waals surface area contributed by atoms with E-state index >= 15 is 0 Å². The minimum Gasteiger partial charge on any atom is -0.258 e. The van der Waals surface area contributed by atoms with Crippen LogP contribution >= 0.6 is 11.6 Å². The first-order valence-corrected chi connectivity index (χ1v) is 8.61. The Hall–Kier alpha value is -2.66. The number of non-ortho nitro benzene ring substituents is 1. The van der Waals surface area contributed by atoms with Gasteiger partial charge in [-0.25, -0.2) is 9.13 Å². The van der Waals surface area contributed by atoms with E-state index in [4.69, 9.17) is 11.6 Å². The molecule has 0 aliphatic carbocycles. The quantitative estimate of drug-likeness (QED) is 0.404. The number of hydrogen-bond donors (Lipinski definition) is 0. The molecule has 0 saturated heterocycles. The molecule has 2 aromatic carbocycles. The Morgan fingerprint density at radius 2 is 1.84 bits per heavy atom. The van der Waals surface area contributed by atoms with Crippen LogP contribution in [0, 0.1) is 10.1 Å². The van der Waals surface area contributed by atoms with Gasteiger partial charge in [-0.2, -0.15) is 0 Å². The van der Waals surface area contributed by atoms with E-state index in [1.807, 2.05) is 36.4 Å². The molecule has 0 amide bonds. The molecule has 25 heavy (non-hydrogen) atoms. The fourth-order valence-electron chi connectivity index (χ4n) is 3.42. The number of nitrogens with zero attached hydrogens (tertiary/aromatic N) is 3. The summed E-state index contributed by atoms with van der Waals surface area (Å²) in [6.45, 7) is 1.72. The summed E-state index contributed by atoms with van der Waals surface area (Å²) in [4.78, 5) is 10.4. The molecular formula is C19H17ClN3O2+. The van der Waals surface area contributed by atoms with Crippen molar-refractivity contribution in [3.8, 4) is 11.3 Å². The van der Waals surface area contributed by atoms with Gasteiger partial charge in [0.15, 0.2) is 5.69 Å². The molecule has 2 heterocycles. The highest BCUT2D eigenvalue weighted by molar-refractivity contribution is 6.30. The number of aromatic nitrogens is 2. The number of rotatable bonds is 4. The zero-order chi connectivity index (χ0) is 17.4. The number of benzene rings is 2. The fraction of sp³-hybridized carbons (Fsp3) is 0.211. The summed E-state index contributed by atoms with van der Waals surface area (Å²) in [5, 5.41) is 11.5. The maximum atomic E-state index is 10.8. The smallest absolute Gasteiger partial charge is 0.258 e. The summed E-state index contributed by atoms with van der Waals surface area (Å²) >= 11 is 6.00. The zero-order valence-corrected chi connectivity index (χ0v) is 14.3. The van der Waals surface area contributed by atoms with Crippen LogP contribution < -0.4 is 4.57 Å². The van der Waals surface area contributed by atoms with Crippen LogP contribution in [0.5, 0.6) is 0 Å². The van der Waals surface area contributed by atoms with Gasteiger partial charge in [0.2, 0.25) is 0 Å². The molecule has 0 unspecified atom stereocenters. The first-order valence-electron chi connectivity index (χ1n) is 8.23. The van der Waals surface area contributed by atoms with Crippen LogP contribution in [0.3, 0.4) is 0 Å². The molecule has 0 saturated carbocycles. The van der Waals surface area contributed by atoms with Gasteiger partial charge < -0.3 is 0 Å². The summed E-state index contributed by atoms with van der Waals surface area (Å²) in [7, 11) is 0. The Morgan fingerprint density at radius 1 is 1.12 bits per heavy atom. The third-order valence-electron chi connectivity index (χ3n) is 4.63. The monoisotopic (exact) mass is 354 g/mol. The van der Waals surface area contributed by atoms with Gasteiger partial charge in [-0.05, 0) is 48.4 Å². The van der Waals surface area contributed by atoms with Gasteiger partial charge in [0.25, 0.3) is 11.5 Å². The molecule has 1 aliphatic heterocycles. The molecule has 5 nitrogen and oxygen atoms in total. The maximum Gasteiger partial charge on any atom is 0.269 e. The normalized spacial score (nSPS) is 13.0. The van der Waals surface area contributed by atoms with E-state index in [0.29, 0.717) is 6.54 Å². The van der Waals surface area contributed by atoms with Gasteiger partial charge in [-0.15, -0.1) is 0 Å². The first-order chi connectivity index (χ1) is 12.1. The molecule has 4 rings (SSSR count). The van der Waals surface area contributed by atoms with Crippen LogP contribution in [-0.4, -0.2) is 9.49 Å². The van der Waals surface area contributed by atoms with Crippen LogP contribution in [0.4, 0.5) is 5.69 Å². The second-order valence-corrected chi connectivity index (χ2v) is 6.68. The molecule has 3 aromatic rings. The van der Waals surface area contributed by atoms with Gasteiger partial charge in [0, 0.05) is 22.7 Å². The Bertz CT molecular complexity index is 931. The summed E-state index contributed by atoms with van der Waals surface area (Å²) in [5.41, 5.74) is 3.51. The number of halogens is 1. The van der Waals surface area contributed by atoms with Crippen molar-refractivity contribution in [2.75, 3.05) is 0 Å². The van der Waals surface area contributed by atoms with Crippen molar-refractivity contribution in [2.45, 2.75) is 25.9 Å². The van der Waals surface area contributed by atoms with Crippen molar-refractivity contribution >= 4 is 17.3 Å². The van der Waals surface area contributed by atoms with E-state index < -0.39 is 0 Å². The Balaban J connectivity index is 1.67.